The van der Waals surface area contributed by atoms with Gasteiger partial charge in [0, 0.05) is 26.5 Å². The molecule has 16 heavy (non-hydrogen) atoms. The number of hydrogen-bond acceptors (Lipinski definition) is 3. The van der Waals surface area contributed by atoms with Gasteiger partial charge in [-0.2, -0.15) is 0 Å². The summed E-state index contributed by atoms with van der Waals surface area (Å²) in [5.74, 6) is 0. The average Bonchev–Trinajstić information content (AvgIpc) is 2.23. The van der Waals surface area contributed by atoms with Crippen molar-refractivity contribution in [2.24, 2.45) is 0 Å². The second kappa shape index (κ2) is 5.10. The van der Waals surface area contributed by atoms with E-state index in [9.17, 15) is 0 Å². The van der Waals surface area contributed by atoms with Gasteiger partial charge in [0.05, 0.1) is 0 Å². The lowest BCUT2D eigenvalue weighted by Gasteiger charge is -2.27. The van der Waals surface area contributed by atoms with Gasteiger partial charge < -0.3 is 13.3 Å². The monoisotopic (exact) mass is 240 g/mol. The molecule has 0 unspecified atom stereocenters. The number of hydrogen-bond donors (Lipinski definition) is 0. The Kier molecular flexibility index (Phi) is 4.26. The Balaban J connectivity index is 3.40. The van der Waals surface area contributed by atoms with Gasteiger partial charge in [0.1, 0.15) is 0 Å². The Hall–Kier alpha value is -0.683. The summed E-state index contributed by atoms with van der Waals surface area (Å²) in [7, 11) is 2.21. The van der Waals surface area contributed by atoms with Crippen molar-refractivity contribution in [2.45, 2.75) is 20.8 Å². The molecule has 0 fully saturated rings. The quantitative estimate of drug-likeness (QED) is 0.750. The van der Waals surface area contributed by atoms with Crippen LogP contribution in [-0.2, 0) is 13.3 Å². The lowest BCUT2D eigenvalue weighted by molar-refractivity contribution is 0.140. The van der Waals surface area contributed by atoms with Gasteiger partial charge >= 0.3 is 8.80 Å². The molecule has 0 heterocycles. The number of aryl methyl sites for hydroxylation is 3. The van der Waals surface area contributed by atoms with Crippen molar-refractivity contribution < 1.29 is 13.3 Å². The van der Waals surface area contributed by atoms with Crippen molar-refractivity contribution in [3.05, 3.63) is 28.8 Å². The Morgan fingerprint density at radius 3 is 1.50 bits per heavy atom. The van der Waals surface area contributed by atoms with Crippen LogP contribution in [0, 0.1) is 20.8 Å². The zero-order valence-corrected chi connectivity index (χ0v) is 11.9. The Morgan fingerprint density at radius 1 is 0.812 bits per heavy atom. The van der Waals surface area contributed by atoms with Crippen molar-refractivity contribution >= 4 is 14.0 Å². The molecule has 0 spiro atoms. The summed E-state index contributed by atoms with van der Waals surface area (Å²) < 4.78 is 16.6. The molecule has 0 radical (unpaired) electrons. The molecule has 0 aliphatic carbocycles. The van der Waals surface area contributed by atoms with Gasteiger partial charge in [-0.25, -0.2) is 0 Å². The summed E-state index contributed by atoms with van der Waals surface area (Å²) >= 11 is 0. The first-order valence-corrected chi connectivity index (χ1v) is 6.97. The molecule has 0 aromatic heterocycles. The van der Waals surface area contributed by atoms with E-state index in [1.54, 1.807) is 21.3 Å². The molecule has 0 amide bonds. The SMILES string of the molecule is CO[Si](OC)(OC)c1c(C)cc(C)cc1C. The fraction of sp³-hybridized carbons (Fsp3) is 0.500. The summed E-state index contributed by atoms with van der Waals surface area (Å²) in [4.78, 5) is 0. The third kappa shape index (κ3) is 2.20. The van der Waals surface area contributed by atoms with E-state index in [1.165, 1.54) is 5.56 Å². The lowest BCUT2D eigenvalue weighted by atomic mass is 10.1. The summed E-state index contributed by atoms with van der Waals surface area (Å²) in [5, 5.41) is 1.07. The van der Waals surface area contributed by atoms with E-state index in [2.05, 4.69) is 32.9 Å². The van der Waals surface area contributed by atoms with Crippen LogP contribution in [0.15, 0.2) is 12.1 Å². The van der Waals surface area contributed by atoms with Gasteiger partial charge in [0.25, 0.3) is 0 Å². The van der Waals surface area contributed by atoms with Crippen LogP contribution in [0.1, 0.15) is 16.7 Å². The molecule has 0 bridgehead atoms. The van der Waals surface area contributed by atoms with Crippen LogP contribution >= 0.6 is 0 Å². The van der Waals surface area contributed by atoms with E-state index < -0.39 is 8.80 Å². The molecule has 1 aromatic carbocycles. The fourth-order valence-corrected chi connectivity index (χ4v) is 4.44. The van der Waals surface area contributed by atoms with Gasteiger partial charge in [0.15, 0.2) is 0 Å². The van der Waals surface area contributed by atoms with Gasteiger partial charge in [-0.1, -0.05) is 17.7 Å². The third-order valence-corrected chi connectivity index (χ3v) is 5.80. The molecular formula is C12H20O3Si. The molecule has 1 rings (SSSR count). The number of benzene rings is 1. The van der Waals surface area contributed by atoms with Gasteiger partial charge in [-0.15, -0.1) is 0 Å². The molecule has 3 nitrogen and oxygen atoms in total. The molecule has 0 aliphatic rings. The Labute approximate surface area is 98.7 Å². The summed E-state index contributed by atoms with van der Waals surface area (Å²) in [5.41, 5.74) is 3.56. The van der Waals surface area contributed by atoms with Crippen LogP contribution in [-0.4, -0.2) is 30.1 Å². The zero-order valence-electron chi connectivity index (χ0n) is 10.9. The van der Waals surface area contributed by atoms with Crippen LogP contribution in [0.3, 0.4) is 0 Å². The minimum absolute atomic E-state index is 1.07. The van der Waals surface area contributed by atoms with Crippen LogP contribution in [0.5, 0.6) is 0 Å². The Morgan fingerprint density at radius 2 is 1.19 bits per heavy atom. The second-order valence-electron chi connectivity index (χ2n) is 3.94. The largest absolute Gasteiger partial charge is 0.536 e. The number of rotatable bonds is 4. The van der Waals surface area contributed by atoms with Crippen LogP contribution in [0.2, 0.25) is 0 Å². The van der Waals surface area contributed by atoms with E-state index in [-0.39, 0.29) is 0 Å². The highest BCUT2D eigenvalue weighted by molar-refractivity contribution is 6.76. The van der Waals surface area contributed by atoms with Crippen molar-refractivity contribution in [1.29, 1.82) is 0 Å². The van der Waals surface area contributed by atoms with E-state index >= 15 is 0 Å². The highest BCUT2D eigenvalue weighted by Gasteiger charge is 2.43. The van der Waals surface area contributed by atoms with Crippen molar-refractivity contribution in [3.8, 4) is 0 Å². The molecule has 0 saturated heterocycles. The van der Waals surface area contributed by atoms with Gasteiger partial charge in [-0.05, 0) is 31.9 Å². The molecule has 0 saturated carbocycles. The topological polar surface area (TPSA) is 27.7 Å². The minimum Gasteiger partial charge on any atom is -0.373 e. The van der Waals surface area contributed by atoms with Crippen LogP contribution in [0.25, 0.3) is 0 Å². The minimum atomic E-state index is -2.71. The Bertz CT molecular complexity index is 341. The van der Waals surface area contributed by atoms with E-state index in [1.807, 2.05) is 0 Å². The molecule has 4 heteroatoms. The van der Waals surface area contributed by atoms with Crippen molar-refractivity contribution in [1.82, 2.24) is 0 Å². The maximum absolute atomic E-state index is 5.52. The van der Waals surface area contributed by atoms with E-state index in [0.717, 1.165) is 16.3 Å². The lowest BCUT2D eigenvalue weighted by Crippen LogP contribution is -2.56. The van der Waals surface area contributed by atoms with Crippen LogP contribution < -0.4 is 5.19 Å². The maximum Gasteiger partial charge on any atom is 0.536 e. The highest BCUT2D eigenvalue weighted by atomic mass is 28.4. The molecule has 0 atom stereocenters. The van der Waals surface area contributed by atoms with Crippen LogP contribution in [0.4, 0.5) is 0 Å². The van der Waals surface area contributed by atoms with Crippen molar-refractivity contribution in [2.75, 3.05) is 21.3 Å². The molecular weight excluding hydrogens is 220 g/mol. The molecule has 1 aromatic rings. The third-order valence-electron chi connectivity index (χ3n) is 2.79. The summed E-state index contributed by atoms with van der Waals surface area (Å²) in [6.45, 7) is 6.21. The normalized spacial score (nSPS) is 11.9. The highest BCUT2D eigenvalue weighted by Crippen LogP contribution is 2.15. The first kappa shape index (κ1) is 13.4. The first-order valence-electron chi connectivity index (χ1n) is 5.24. The smallest absolute Gasteiger partial charge is 0.373 e. The standard InChI is InChI=1S/C12H20O3Si/c1-9-7-10(2)12(11(3)8-9)16(13-4,14-5)15-6/h7-8H,1-6H3. The zero-order chi connectivity index (χ0) is 12.3. The average molecular weight is 240 g/mol. The van der Waals surface area contributed by atoms with E-state index in [0.29, 0.717) is 0 Å². The first-order chi connectivity index (χ1) is 7.50. The van der Waals surface area contributed by atoms with Gasteiger partial charge in [-0.3, -0.25) is 0 Å². The van der Waals surface area contributed by atoms with E-state index in [4.69, 9.17) is 13.3 Å². The summed E-state index contributed by atoms with van der Waals surface area (Å²) in [6.07, 6.45) is 0. The fourth-order valence-electron chi connectivity index (χ4n) is 2.22. The molecule has 0 aliphatic heterocycles. The predicted molar refractivity (Wildman–Crippen MR) is 67.1 cm³/mol. The molecule has 90 valence electrons. The maximum atomic E-state index is 5.52. The van der Waals surface area contributed by atoms with Crippen molar-refractivity contribution in [3.63, 3.8) is 0 Å². The molecule has 0 N–H and O–H groups in total. The second-order valence-corrected chi connectivity index (χ2v) is 6.78. The van der Waals surface area contributed by atoms with Gasteiger partial charge in [0.2, 0.25) is 0 Å². The predicted octanol–water partition coefficient (Wildman–Crippen LogP) is 1.70. The summed E-state index contributed by atoms with van der Waals surface area (Å²) in [6, 6.07) is 4.25.